The highest BCUT2D eigenvalue weighted by Gasteiger charge is 2.19. The monoisotopic (exact) mass is 368 g/mol. The highest BCUT2D eigenvalue weighted by atomic mass is 32.2. The lowest BCUT2D eigenvalue weighted by atomic mass is 10.0. The van der Waals surface area contributed by atoms with Gasteiger partial charge in [0.1, 0.15) is 0 Å². The molecule has 0 unspecified atom stereocenters. The second kappa shape index (κ2) is 7.50. The van der Waals surface area contributed by atoms with Crippen LogP contribution in [0.25, 0.3) is 11.0 Å². The van der Waals surface area contributed by atoms with E-state index in [1.165, 1.54) is 0 Å². The number of benzene rings is 1. The van der Waals surface area contributed by atoms with Crippen LogP contribution in [0.2, 0.25) is 0 Å². The van der Waals surface area contributed by atoms with Crippen molar-refractivity contribution < 1.29 is 4.79 Å². The summed E-state index contributed by atoms with van der Waals surface area (Å²) in [6.07, 6.45) is 3.74. The van der Waals surface area contributed by atoms with E-state index in [1.807, 2.05) is 41.3 Å². The SMILES string of the molecule is CSc1ccccc1NC(=O)c1cc(C(C)C)nc2c1cnn2C(C)C. The number of nitrogens with zero attached hydrogens (tertiary/aromatic N) is 3. The van der Waals surface area contributed by atoms with Gasteiger partial charge in [-0.3, -0.25) is 4.79 Å². The van der Waals surface area contributed by atoms with Gasteiger partial charge in [-0.2, -0.15) is 5.10 Å². The minimum absolute atomic E-state index is 0.135. The first kappa shape index (κ1) is 18.5. The van der Waals surface area contributed by atoms with E-state index in [-0.39, 0.29) is 17.9 Å². The molecule has 2 aromatic heterocycles. The van der Waals surface area contributed by atoms with Crippen LogP contribution in [0, 0.1) is 0 Å². The molecule has 0 saturated carbocycles. The Balaban J connectivity index is 2.09. The molecule has 1 amide bonds. The summed E-state index contributed by atoms with van der Waals surface area (Å²) >= 11 is 1.61. The molecule has 136 valence electrons. The van der Waals surface area contributed by atoms with Gasteiger partial charge < -0.3 is 5.32 Å². The molecular formula is C20H24N4OS. The fraction of sp³-hybridized carbons (Fsp3) is 0.350. The Bertz CT molecular complexity index is 946. The molecule has 0 aliphatic carbocycles. The minimum Gasteiger partial charge on any atom is -0.321 e. The Labute approximate surface area is 158 Å². The number of para-hydroxylation sites is 1. The molecule has 1 N–H and O–H groups in total. The topological polar surface area (TPSA) is 59.8 Å². The van der Waals surface area contributed by atoms with Gasteiger partial charge in [-0.25, -0.2) is 9.67 Å². The summed E-state index contributed by atoms with van der Waals surface area (Å²) in [6, 6.07) is 9.87. The molecule has 0 saturated heterocycles. The molecule has 3 rings (SSSR count). The summed E-state index contributed by atoms with van der Waals surface area (Å²) in [5.74, 6) is 0.0871. The number of thioether (sulfide) groups is 1. The Kier molecular flexibility index (Phi) is 5.32. The van der Waals surface area contributed by atoms with E-state index in [1.54, 1.807) is 18.0 Å². The van der Waals surface area contributed by atoms with E-state index in [9.17, 15) is 4.79 Å². The third kappa shape index (κ3) is 3.46. The maximum absolute atomic E-state index is 13.1. The summed E-state index contributed by atoms with van der Waals surface area (Å²) < 4.78 is 1.87. The van der Waals surface area contributed by atoms with Crippen LogP contribution in [-0.2, 0) is 0 Å². The largest absolute Gasteiger partial charge is 0.321 e. The van der Waals surface area contributed by atoms with Crippen molar-refractivity contribution in [1.29, 1.82) is 0 Å². The van der Waals surface area contributed by atoms with Crippen molar-refractivity contribution in [1.82, 2.24) is 14.8 Å². The quantitative estimate of drug-likeness (QED) is 0.636. The lowest BCUT2D eigenvalue weighted by Crippen LogP contribution is -2.14. The number of aromatic nitrogens is 3. The van der Waals surface area contributed by atoms with Gasteiger partial charge in [0.15, 0.2) is 5.65 Å². The van der Waals surface area contributed by atoms with Gasteiger partial charge in [0.25, 0.3) is 5.91 Å². The number of fused-ring (bicyclic) bond motifs is 1. The number of pyridine rings is 1. The van der Waals surface area contributed by atoms with Crippen LogP contribution in [0.1, 0.15) is 55.7 Å². The highest BCUT2D eigenvalue weighted by molar-refractivity contribution is 7.98. The van der Waals surface area contributed by atoms with Crippen molar-refractivity contribution in [3.05, 3.63) is 47.8 Å². The van der Waals surface area contributed by atoms with E-state index in [0.717, 1.165) is 27.3 Å². The number of hydrogen-bond acceptors (Lipinski definition) is 4. The van der Waals surface area contributed by atoms with Gasteiger partial charge in [0.05, 0.1) is 22.8 Å². The van der Waals surface area contributed by atoms with Crippen LogP contribution in [0.15, 0.2) is 41.4 Å². The standard InChI is InChI=1S/C20H24N4OS/c1-12(2)17-10-14(15-11-21-24(13(3)4)19(15)22-17)20(25)23-16-8-6-7-9-18(16)26-5/h6-13H,1-5H3,(H,23,25). The Morgan fingerprint density at radius 3 is 2.58 bits per heavy atom. The second-order valence-corrected chi connectivity index (χ2v) is 7.67. The lowest BCUT2D eigenvalue weighted by molar-refractivity contribution is 0.102. The first-order chi connectivity index (χ1) is 12.4. The average molecular weight is 369 g/mol. The highest BCUT2D eigenvalue weighted by Crippen LogP contribution is 2.28. The van der Waals surface area contributed by atoms with Crippen molar-refractivity contribution in [2.45, 2.75) is 44.6 Å². The number of amides is 1. The fourth-order valence-electron chi connectivity index (χ4n) is 2.84. The normalized spacial score (nSPS) is 11.5. The Hall–Kier alpha value is -2.34. The third-order valence-electron chi connectivity index (χ3n) is 4.27. The van der Waals surface area contributed by atoms with Crippen molar-refractivity contribution >= 4 is 34.4 Å². The van der Waals surface area contributed by atoms with E-state index in [0.29, 0.717) is 5.56 Å². The average Bonchev–Trinajstić information content (AvgIpc) is 3.05. The number of carbonyl (C=O) groups is 1. The van der Waals surface area contributed by atoms with Gasteiger partial charge in [0.2, 0.25) is 0 Å². The molecule has 0 aliphatic rings. The molecule has 3 aromatic rings. The molecule has 26 heavy (non-hydrogen) atoms. The van der Waals surface area contributed by atoms with Crippen LogP contribution in [-0.4, -0.2) is 26.9 Å². The number of rotatable bonds is 5. The molecule has 2 heterocycles. The maximum atomic E-state index is 13.1. The van der Waals surface area contributed by atoms with Crippen molar-refractivity contribution in [3.63, 3.8) is 0 Å². The predicted octanol–water partition coefficient (Wildman–Crippen LogP) is 5.11. The first-order valence-electron chi connectivity index (χ1n) is 8.75. The number of anilines is 1. The summed E-state index contributed by atoms with van der Waals surface area (Å²) in [5.41, 5.74) is 3.08. The van der Waals surface area contributed by atoms with E-state index < -0.39 is 0 Å². The number of nitrogens with one attached hydrogen (secondary N) is 1. The van der Waals surface area contributed by atoms with Crippen LogP contribution in [0.4, 0.5) is 5.69 Å². The maximum Gasteiger partial charge on any atom is 0.256 e. The molecule has 5 nitrogen and oxygen atoms in total. The lowest BCUT2D eigenvalue weighted by Gasteiger charge is -2.13. The van der Waals surface area contributed by atoms with E-state index in [4.69, 9.17) is 4.98 Å². The molecule has 0 radical (unpaired) electrons. The number of carbonyl (C=O) groups excluding carboxylic acids is 1. The van der Waals surface area contributed by atoms with Gasteiger partial charge in [-0.1, -0.05) is 26.0 Å². The first-order valence-corrected chi connectivity index (χ1v) is 9.97. The fourth-order valence-corrected chi connectivity index (χ4v) is 3.39. The summed E-state index contributed by atoms with van der Waals surface area (Å²) in [7, 11) is 0. The molecule has 0 atom stereocenters. The smallest absolute Gasteiger partial charge is 0.256 e. The zero-order valence-electron chi connectivity index (χ0n) is 15.8. The van der Waals surface area contributed by atoms with Gasteiger partial charge in [0, 0.05) is 16.6 Å². The molecule has 0 aliphatic heterocycles. The van der Waals surface area contributed by atoms with Crippen LogP contribution in [0.5, 0.6) is 0 Å². The molecule has 0 fully saturated rings. The van der Waals surface area contributed by atoms with Crippen LogP contribution >= 0.6 is 11.8 Å². The van der Waals surface area contributed by atoms with Crippen molar-refractivity contribution in [3.8, 4) is 0 Å². The molecule has 0 spiro atoms. The minimum atomic E-state index is -0.135. The zero-order chi connectivity index (χ0) is 18.8. The molecular weight excluding hydrogens is 344 g/mol. The molecule has 6 heteroatoms. The van der Waals surface area contributed by atoms with Crippen molar-refractivity contribution in [2.75, 3.05) is 11.6 Å². The molecule has 1 aromatic carbocycles. The van der Waals surface area contributed by atoms with Crippen LogP contribution < -0.4 is 5.32 Å². The summed E-state index contributed by atoms with van der Waals surface area (Å²) in [4.78, 5) is 18.9. The summed E-state index contributed by atoms with van der Waals surface area (Å²) in [5, 5.41) is 8.28. The molecule has 0 bridgehead atoms. The summed E-state index contributed by atoms with van der Waals surface area (Å²) in [6.45, 7) is 8.28. The van der Waals surface area contributed by atoms with Gasteiger partial charge in [-0.15, -0.1) is 11.8 Å². The van der Waals surface area contributed by atoms with E-state index in [2.05, 4.69) is 38.1 Å². The van der Waals surface area contributed by atoms with Crippen molar-refractivity contribution in [2.24, 2.45) is 0 Å². The predicted molar refractivity (Wildman–Crippen MR) is 108 cm³/mol. The Morgan fingerprint density at radius 2 is 1.92 bits per heavy atom. The number of hydrogen-bond donors (Lipinski definition) is 1. The van der Waals surface area contributed by atoms with Gasteiger partial charge >= 0.3 is 0 Å². The third-order valence-corrected chi connectivity index (χ3v) is 5.06. The van der Waals surface area contributed by atoms with Gasteiger partial charge in [-0.05, 0) is 44.2 Å². The van der Waals surface area contributed by atoms with Crippen LogP contribution in [0.3, 0.4) is 0 Å². The van der Waals surface area contributed by atoms with E-state index >= 15 is 0 Å². The Morgan fingerprint density at radius 1 is 1.19 bits per heavy atom. The zero-order valence-corrected chi connectivity index (χ0v) is 16.6. The second-order valence-electron chi connectivity index (χ2n) is 6.82.